The molecule has 0 aromatic heterocycles. The van der Waals surface area contributed by atoms with Gasteiger partial charge < -0.3 is 26.6 Å². The number of hydrogen-bond donors (Lipinski definition) is 2. The molecule has 0 aliphatic carbocycles. The fourth-order valence-corrected chi connectivity index (χ4v) is 2.14. The second kappa shape index (κ2) is 49.9. The Morgan fingerprint density at radius 2 is 0.600 bits per heavy atom. The summed E-state index contributed by atoms with van der Waals surface area (Å²) in [6.45, 7) is 5.20. The molecule has 0 aromatic rings. The van der Waals surface area contributed by atoms with Crippen LogP contribution in [0.5, 0.6) is 0 Å². The molecule has 0 amide bonds. The minimum atomic E-state index is 0. The van der Waals surface area contributed by atoms with Crippen molar-refractivity contribution in [3.05, 3.63) is 0 Å². The fraction of sp³-hybridized carbons (Fsp3) is 1.00. The zero-order valence-electron chi connectivity index (χ0n) is 16.4. The number of aliphatic hydroxyl groups is 2. The van der Waals surface area contributed by atoms with E-state index in [1.807, 2.05) is 0 Å². The van der Waals surface area contributed by atoms with Gasteiger partial charge in [0, 0.05) is 13.2 Å². The molecule has 0 unspecified atom stereocenters. The summed E-state index contributed by atoms with van der Waals surface area (Å²) in [5.41, 5.74) is 0. The summed E-state index contributed by atoms with van der Waals surface area (Å²) in [6, 6.07) is 0. The largest absolute Gasteiger partial charge is 3.00 e. The van der Waals surface area contributed by atoms with Crippen molar-refractivity contribution in [3.63, 3.8) is 0 Å². The molecule has 0 aliphatic rings. The molecule has 0 atom stereocenters. The summed E-state index contributed by atoms with van der Waals surface area (Å²) < 4.78 is 0. The van der Waals surface area contributed by atoms with E-state index < -0.39 is 0 Å². The van der Waals surface area contributed by atoms with Crippen molar-refractivity contribution in [2.45, 2.75) is 104 Å². The van der Waals surface area contributed by atoms with Crippen LogP contribution in [0, 0.1) is 0 Å². The Balaban J connectivity index is -0.0000000432. The number of rotatable bonds is 14. The molecular weight excluding hydrogens is 392 g/mol. The third-order valence-corrected chi connectivity index (χ3v) is 3.52. The second-order valence-corrected chi connectivity index (χ2v) is 5.69. The van der Waals surface area contributed by atoms with Gasteiger partial charge in [-0.1, -0.05) is 90.9 Å². The van der Waals surface area contributed by atoms with Gasteiger partial charge in [-0.25, -0.2) is 0 Å². The van der Waals surface area contributed by atoms with Gasteiger partial charge in [0.15, 0.2) is 0 Å². The molecule has 0 heterocycles. The smallest absolute Gasteiger partial charge is 2.00 e. The van der Waals surface area contributed by atoms with Gasteiger partial charge in [0.05, 0.1) is 0 Å². The number of aliphatic hydroxyl groups excluding tert-OH is 2. The third-order valence-electron chi connectivity index (χ3n) is 3.52. The third kappa shape index (κ3) is 58.7. The van der Waals surface area contributed by atoms with Gasteiger partial charge in [-0.15, -0.1) is 0 Å². The average molecular weight is 432 g/mol. The molecule has 0 fully saturated rings. The second-order valence-electron chi connectivity index (χ2n) is 5.69. The van der Waals surface area contributed by atoms with E-state index in [0.29, 0.717) is 13.2 Å². The quantitative estimate of drug-likeness (QED) is 0.293. The molecule has 0 saturated heterocycles. The van der Waals surface area contributed by atoms with E-state index in [-0.39, 0.29) is 59.9 Å². The first kappa shape index (κ1) is 45.2. The topological polar surface area (TPSA) is 126 Å². The van der Waals surface area contributed by atoms with Crippen LogP contribution >= 0.6 is 0 Å². The summed E-state index contributed by atoms with van der Waals surface area (Å²) >= 11 is 0. The number of unbranched alkanes of at least 4 members (excludes halogenated alkanes) is 12. The fourth-order valence-electron chi connectivity index (χ4n) is 2.14. The van der Waals surface area contributed by atoms with Crippen molar-refractivity contribution in [2.24, 2.45) is 0 Å². The summed E-state index contributed by atoms with van der Waals surface area (Å²) in [5.74, 6) is 0. The van der Waals surface area contributed by atoms with Gasteiger partial charge in [0.1, 0.15) is 0 Å². The Hall–Kier alpha value is 1.23. The molecule has 0 aliphatic heterocycles. The van der Waals surface area contributed by atoms with Crippen LogP contribution in [0.15, 0.2) is 0 Å². The Kier molecular flexibility index (Phi) is 90.1. The Bertz CT molecular complexity index is 123. The standard InChI is InChI=1S/2C9H20O.3O.2Ti/c2*1-2-3-4-5-6-7-8-9-10;;;;;/h2*10H,2-9H2,1H3;;;;;/q;;3*-2;2*+3. The summed E-state index contributed by atoms with van der Waals surface area (Å²) in [6.07, 6.45) is 17.9. The monoisotopic (exact) mass is 432 g/mol. The predicted molar refractivity (Wildman–Crippen MR) is 92.2 cm³/mol. The maximum Gasteiger partial charge on any atom is 3.00 e. The molecule has 150 valence electrons. The molecule has 0 bridgehead atoms. The molecule has 0 rings (SSSR count). The van der Waals surface area contributed by atoms with Crippen LogP contribution in [0.3, 0.4) is 0 Å². The van der Waals surface area contributed by atoms with Gasteiger partial charge >= 0.3 is 43.4 Å². The van der Waals surface area contributed by atoms with E-state index in [1.54, 1.807) is 0 Å². The van der Waals surface area contributed by atoms with Gasteiger partial charge in [-0.3, -0.25) is 0 Å². The SMILES string of the molecule is CCCCCCCCCO.CCCCCCCCCO.[O-2].[O-2].[O-2].[Ti+3].[Ti+3]. The Morgan fingerprint density at radius 3 is 0.800 bits per heavy atom. The van der Waals surface area contributed by atoms with Crippen molar-refractivity contribution in [3.8, 4) is 0 Å². The van der Waals surface area contributed by atoms with E-state index in [2.05, 4.69) is 13.8 Å². The van der Waals surface area contributed by atoms with Crippen LogP contribution in [-0.4, -0.2) is 23.4 Å². The molecule has 2 radical (unpaired) electrons. The van der Waals surface area contributed by atoms with E-state index in [9.17, 15) is 0 Å². The molecule has 0 saturated carbocycles. The maximum atomic E-state index is 8.47. The molecule has 2 N–H and O–H groups in total. The van der Waals surface area contributed by atoms with Gasteiger partial charge in [-0.2, -0.15) is 0 Å². The van der Waals surface area contributed by atoms with Crippen molar-refractivity contribution in [1.82, 2.24) is 0 Å². The molecular formula is C18H40O5Ti2. The molecule has 0 spiro atoms. The van der Waals surface area contributed by atoms with Crippen molar-refractivity contribution in [2.75, 3.05) is 13.2 Å². The molecule has 5 nitrogen and oxygen atoms in total. The number of hydrogen-bond acceptors (Lipinski definition) is 2. The van der Waals surface area contributed by atoms with Gasteiger partial charge in [0.2, 0.25) is 0 Å². The Morgan fingerprint density at radius 1 is 0.400 bits per heavy atom. The zero-order chi connectivity index (χ0) is 15.3. The first-order valence-electron chi connectivity index (χ1n) is 9.05. The first-order valence-corrected chi connectivity index (χ1v) is 9.05. The molecule has 7 heteroatoms. The van der Waals surface area contributed by atoms with Gasteiger partial charge in [-0.05, 0) is 12.8 Å². The van der Waals surface area contributed by atoms with E-state index in [4.69, 9.17) is 10.2 Å². The minimum Gasteiger partial charge on any atom is -2.00 e. The van der Waals surface area contributed by atoms with Crippen LogP contribution in [0.25, 0.3) is 0 Å². The summed E-state index contributed by atoms with van der Waals surface area (Å²) in [4.78, 5) is 0. The van der Waals surface area contributed by atoms with Crippen molar-refractivity contribution >= 4 is 0 Å². The van der Waals surface area contributed by atoms with Crippen molar-refractivity contribution < 1.29 is 70.1 Å². The Labute approximate surface area is 186 Å². The van der Waals surface area contributed by atoms with Crippen LogP contribution in [0.1, 0.15) is 104 Å². The maximum absolute atomic E-state index is 8.47. The van der Waals surface area contributed by atoms with Crippen LogP contribution in [0.2, 0.25) is 0 Å². The summed E-state index contributed by atoms with van der Waals surface area (Å²) in [7, 11) is 0. The molecule has 0 aromatic carbocycles. The van der Waals surface area contributed by atoms with E-state index >= 15 is 0 Å². The van der Waals surface area contributed by atoms with Crippen LogP contribution < -0.4 is 0 Å². The normalized spacial score (nSPS) is 8.16. The average Bonchev–Trinajstić information content (AvgIpc) is 2.47. The predicted octanol–water partition coefficient (Wildman–Crippen LogP) is 5.10. The van der Waals surface area contributed by atoms with Crippen molar-refractivity contribution in [1.29, 1.82) is 0 Å². The minimum absolute atomic E-state index is 0. The van der Waals surface area contributed by atoms with E-state index in [1.165, 1.54) is 77.0 Å². The van der Waals surface area contributed by atoms with Gasteiger partial charge in [0.25, 0.3) is 0 Å². The van der Waals surface area contributed by atoms with Crippen LogP contribution in [-0.2, 0) is 59.9 Å². The summed E-state index contributed by atoms with van der Waals surface area (Å²) in [5, 5.41) is 16.9. The van der Waals surface area contributed by atoms with E-state index in [0.717, 1.165) is 12.8 Å². The first-order chi connectivity index (χ1) is 9.83. The zero-order valence-corrected chi connectivity index (χ0v) is 19.6. The van der Waals surface area contributed by atoms with Crippen LogP contribution in [0.4, 0.5) is 0 Å². The molecule has 25 heavy (non-hydrogen) atoms.